The second-order valence-electron chi connectivity index (χ2n) is 5.46. The second-order valence-corrected chi connectivity index (χ2v) is 5.46. The summed E-state index contributed by atoms with van der Waals surface area (Å²) in [7, 11) is 0. The fourth-order valence-corrected chi connectivity index (χ4v) is 2.52. The fourth-order valence-electron chi connectivity index (χ4n) is 2.52. The number of carbonyl (C=O) groups excluding carboxylic acids is 1. The molecular formula is C17H27ClN2O3. The van der Waals surface area contributed by atoms with E-state index in [2.05, 4.69) is 10.6 Å². The Morgan fingerprint density at radius 3 is 2.74 bits per heavy atom. The number of anilines is 1. The lowest BCUT2D eigenvalue weighted by molar-refractivity contribution is -0.120. The van der Waals surface area contributed by atoms with E-state index in [-0.39, 0.29) is 24.2 Å². The molecule has 5 nitrogen and oxygen atoms in total. The largest absolute Gasteiger partial charge is 0.379 e. The van der Waals surface area contributed by atoms with Crippen LogP contribution in [0.3, 0.4) is 0 Å². The number of rotatable bonds is 8. The minimum Gasteiger partial charge on any atom is -0.379 e. The molecule has 0 spiro atoms. The Hall–Kier alpha value is -1.14. The van der Waals surface area contributed by atoms with E-state index in [1.807, 2.05) is 31.2 Å². The first-order valence-corrected chi connectivity index (χ1v) is 8.05. The van der Waals surface area contributed by atoms with E-state index >= 15 is 0 Å². The van der Waals surface area contributed by atoms with Crippen molar-refractivity contribution in [3.8, 4) is 0 Å². The molecule has 1 aromatic rings. The first kappa shape index (κ1) is 19.9. The van der Waals surface area contributed by atoms with Crippen LogP contribution < -0.4 is 10.6 Å². The van der Waals surface area contributed by atoms with Crippen molar-refractivity contribution in [1.29, 1.82) is 0 Å². The Morgan fingerprint density at radius 1 is 1.26 bits per heavy atom. The van der Waals surface area contributed by atoms with Gasteiger partial charge in [0.1, 0.15) is 0 Å². The number of benzene rings is 1. The molecule has 0 unspecified atom stereocenters. The van der Waals surface area contributed by atoms with Crippen LogP contribution >= 0.6 is 12.4 Å². The van der Waals surface area contributed by atoms with Gasteiger partial charge in [0.15, 0.2) is 0 Å². The average Bonchev–Trinajstić information content (AvgIpc) is 2.56. The zero-order chi connectivity index (χ0) is 15.6. The maximum Gasteiger partial charge on any atom is 0.227 e. The standard InChI is InChI=1S/C17H26N2O3.ClH/c1-2-21-10-11-22-13-14-4-3-5-16(12-14)19-17(20)15-6-8-18-9-7-15;/h3-5,12,15,18H,2,6-11,13H2,1H3,(H,19,20);1H. The van der Waals surface area contributed by atoms with E-state index in [0.29, 0.717) is 26.4 Å². The molecule has 0 aliphatic carbocycles. The molecule has 130 valence electrons. The van der Waals surface area contributed by atoms with Crippen LogP contribution in [0, 0.1) is 5.92 Å². The minimum absolute atomic E-state index is 0. The molecule has 1 aliphatic heterocycles. The summed E-state index contributed by atoms with van der Waals surface area (Å²) in [5.41, 5.74) is 1.90. The van der Waals surface area contributed by atoms with Gasteiger partial charge in [-0.15, -0.1) is 12.4 Å². The zero-order valence-electron chi connectivity index (χ0n) is 13.7. The van der Waals surface area contributed by atoms with E-state index < -0.39 is 0 Å². The Labute approximate surface area is 144 Å². The highest BCUT2D eigenvalue weighted by molar-refractivity contribution is 5.92. The molecule has 2 N–H and O–H groups in total. The van der Waals surface area contributed by atoms with Gasteiger partial charge in [-0.3, -0.25) is 4.79 Å². The van der Waals surface area contributed by atoms with E-state index in [0.717, 1.165) is 37.2 Å². The lowest BCUT2D eigenvalue weighted by Gasteiger charge is -2.21. The van der Waals surface area contributed by atoms with Gasteiger partial charge in [0.2, 0.25) is 5.91 Å². The van der Waals surface area contributed by atoms with E-state index in [4.69, 9.17) is 9.47 Å². The summed E-state index contributed by atoms with van der Waals surface area (Å²) in [5, 5.41) is 6.29. The second kappa shape index (κ2) is 11.4. The fraction of sp³-hybridized carbons (Fsp3) is 0.588. The average molecular weight is 343 g/mol. The van der Waals surface area contributed by atoms with Gasteiger partial charge in [0.25, 0.3) is 0 Å². The molecule has 0 aromatic heterocycles. The third-order valence-electron chi connectivity index (χ3n) is 3.75. The molecule has 1 fully saturated rings. The molecule has 1 amide bonds. The number of hydrogen-bond acceptors (Lipinski definition) is 4. The lowest BCUT2D eigenvalue weighted by Crippen LogP contribution is -2.34. The van der Waals surface area contributed by atoms with Gasteiger partial charge < -0.3 is 20.1 Å². The number of piperidine rings is 1. The predicted molar refractivity (Wildman–Crippen MR) is 94.1 cm³/mol. The van der Waals surface area contributed by atoms with Gasteiger partial charge >= 0.3 is 0 Å². The van der Waals surface area contributed by atoms with Crippen molar-refractivity contribution in [2.45, 2.75) is 26.4 Å². The molecule has 0 radical (unpaired) electrons. The third-order valence-corrected chi connectivity index (χ3v) is 3.75. The molecule has 6 heteroatoms. The lowest BCUT2D eigenvalue weighted by atomic mass is 9.97. The normalized spacial score (nSPS) is 15.0. The van der Waals surface area contributed by atoms with Crippen molar-refractivity contribution in [1.82, 2.24) is 5.32 Å². The number of nitrogens with one attached hydrogen (secondary N) is 2. The Kier molecular flexibility index (Phi) is 9.87. The molecule has 1 aromatic carbocycles. The molecular weight excluding hydrogens is 316 g/mol. The summed E-state index contributed by atoms with van der Waals surface area (Å²) in [6, 6.07) is 7.84. The van der Waals surface area contributed by atoms with Crippen LogP contribution in [-0.4, -0.2) is 38.8 Å². The van der Waals surface area contributed by atoms with E-state index in [1.54, 1.807) is 0 Å². The number of carbonyl (C=O) groups is 1. The third kappa shape index (κ3) is 7.31. The minimum atomic E-state index is 0. The first-order chi connectivity index (χ1) is 10.8. The van der Waals surface area contributed by atoms with Crippen LogP contribution in [0.5, 0.6) is 0 Å². The molecule has 2 rings (SSSR count). The van der Waals surface area contributed by atoms with Crippen LogP contribution in [0.4, 0.5) is 5.69 Å². The number of ether oxygens (including phenoxy) is 2. The van der Waals surface area contributed by atoms with Crippen molar-refractivity contribution in [3.63, 3.8) is 0 Å². The van der Waals surface area contributed by atoms with Gasteiger partial charge in [0, 0.05) is 18.2 Å². The van der Waals surface area contributed by atoms with Crippen molar-refractivity contribution < 1.29 is 14.3 Å². The van der Waals surface area contributed by atoms with Crippen molar-refractivity contribution in [2.75, 3.05) is 38.2 Å². The van der Waals surface area contributed by atoms with Gasteiger partial charge in [-0.2, -0.15) is 0 Å². The van der Waals surface area contributed by atoms with Crippen LogP contribution in [0.1, 0.15) is 25.3 Å². The summed E-state index contributed by atoms with van der Waals surface area (Å²) in [5.74, 6) is 0.239. The van der Waals surface area contributed by atoms with Gasteiger partial charge in [0.05, 0.1) is 19.8 Å². The summed E-state index contributed by atoms with van der Waals surface area (Å²) in [6.07, 6.45) is 1.82. The maximum absolute atomic E-state index is 12.2. The van der Waals surface area contributed by atoms with Crippen LogP contribution in [-0.2, 0) is 20.9 Å². The molecule has 0 atom stereocenters. The Morgan fingerprint density at radius 2 is 2.00 bits per heavy atom. The van der Waals surface area contributed by atoms with Crippen molar-refractivity contribution >= 4 is 24.0 Å². The highest BCUT2D eigenvalue weighted by Crippen LogP contribution is 2.17. The van der Waals surface area contributed by atoms with Crippen LogP contribution in [0.15, 0.2) is 24.3 Å². The summed E-state index contributed by atoms with van der Waals surface area (Å²) in [6.45, 7) is 6.25. The zero-order valence-corrected chi connectivity index (χ0v) is 14.5. The Bertz CT molecular complexity index is 465. The maximum atomic E-state index is 12.2. The molecule has 23 heavy (non-hydrogen) atoms. The topological polar surface area (TPSA) is 59.6 Å². The molecule has 1 aliphatic rings. The Balaban J connectivity index is 0.00000264. The van der Waals surface area contributed by atoms with E-state index in [9.17, 15) is 4.79 Å². The first-order valence-electron chi connectivity index (χ1n) is 8.05. The number of hydrogen-bond donors (Lipinski definition) is 2. The number of halogens is 1. The summed E-state index contributed by atoms with van der Waals surface area (Å²) in [4.78, 5) is 12.2. The molecule has 1 heterocycles. The van der Waals surface area contributed by atoms with Crippen LogP contribution in [0.2, 0.25) is 0 Å². The highest BCUT2D eigenvalue weighted by Gasteiger charge is 2.20. The number of amides is 1. The summed E-state index contributed by atoms with van der Waals surface area (Å²) >= 11 is 0. The quantitative estimate of drug-likeness (QED) is 0.713. The van der Waals surface area contributed by atoms with Crippen molar-refractivity contribution in [2.24, 2.45) is 5.92 Å². The molecule has 1 saturated heterocycles. The van der Waals surface area contributed by atoms with Crippen LogP contribution in [0.25, 0.3) is 0 Å². The predicted octanol–water partition coefficient (Wildman–Crippen LogP) is 2.60. The van der Waals surface area contributed by atoms with Crippen molar-refractivity contribution in [3.05, 3.63) is 29.8 Å². The smallest absolute Gasteiger partial charge is 0.227 e. The van der Waals surface area contributed by atoms with E-state index in [1.165, 1.54) is 0 Å². The SMILES string of the molecule is CCOCCOCc1cccc(NC(=O)C2CCNCC2)c1.Cl. The molecule has 0 bridgehead atoms. The van der Waals surface area contributed by atoms with Gasteiger partial charge in [-0.05, 0) is 50.6 Å². The summed E-state index contributed by atoms with van der Waals surface area (Å²) < 4.78 is 10.8. The van der Waals surface area contributed by atoms with Gasteiger partial charge in [-0.1, -0.05) is 12.1 Å². The van der Waals surface area contributed by atoms with Gasteiger partial charge in [-0.25, -0.2) is 0 Å². The highest BCUT2D eigenvalue weighted by atomic mass is 35.5. The molecule has 0 saturated carbocycles. The monoisotopic (exact) mass is 342 g/mol.